The number of halogens is 2. The standard InChI is InChI=1S/C16H20BrClN2/c1-10-3-5-14(11(2)7-10)20-15-6-4-12(17)8-13(15)19-16(20)9-18/h4,6,8,10-11,14H,3,5,7,9H2,1-2H3. The summed E-state index contributed by atoms with van der Waals surface area (Å²) in [6.07, 6.45) is 3.82. The highest BCUT2D eigenvalue weighted by Crippen LogP contribution is 2.39. The van der Waals surface area contributed by atoms with Crippen molar-refractivity contribution in [2.24, 2.45) is 11.8 Å². The number of nitrogens with zero attached hydrogens (tertiary/aromatic N) is 2. The highest BCUT2D eigenvalue weighted by Gasteiger charge is 2.29. The Hall–Kier alpha value is -0.540. The van der Waals surface area contributed by atoms with Gasteiger partial charge in [0.15, 0.2) is 0 Å². The third-order valence-electron chi connectivity index (χ3n) is 4.56. The van der Waals surface area contributed by atoms with E-state index in [-0.39, 0.29) is 0 Å². The van der Waals surface area contributed by atoms with Crippen molar-refractivity contribution in [1.29, 1.82) is 0 Å². The summed E-state index contributed by atoms with van der Waals surface area (Å²) < 4.78 is 3.46. The zero-order chi connectivity index (χ0) is 14.3. The fourth-order valence-corrected chi connectivity index (χ4v) is 4.16. The van der Waals surface area contributed by atoms with Crippen molar-refractivity contribution in [1.82, 2.24) is 9.55 Å². The molecule has 20 heavy (non-hydrogen) atoms. The third kappa shape index (κ3) is 2.50. The lowest BCUT2D eigenvalue weighted by Crippen LogP contribution is -2.25. The molecule has 1 aromatic carbocycles. The number of rotatable bonds is 2. The zero-order valence-corrected chi connectivity index (χ0v) is 14.3. The fraction of sp³-hybridized carbons (Fsp3) is 0.562. The molecule has 0 amide bonds. The molecule has 0 spiro atoms. The topological polar surface area (TPSA) is 17.8 Å². The van der Waals surface area contributed by atoms with Crippen molar-refractivity contribution in [3.8, 4) is 0 Å². The van der Waals surface area contributed by atoms with Gasteiger partial charge in [0.05, 0.1) is 16.9 Å². The van der Waals surface area contributed by atoms with Gasteiger partial charge in [-0.2, -0.15) is 0 Å². The summed E-state index contributed by atoms with van der Waals surface area (Å²) in [5.74, 6) is 3.00. The van der Waals surface area contributed by atoms with Gasteiger partial charge in [0, 0.05) is 10.5 Å². The smallest absolute Gasteiger partial charge is 0.125 e. The summed E-state index contributed by atoms with van der Waals surface area (Å²) in [6.45, 7) is 4.72. The maximum Gasteiger partial charge on any atom is 0.125 e. The van der Waals surface area contributed by atoms with Gasteiger partial charge in [-0.05, 0) is 49.3 Å². The number of hydrogen-bond acceptors (Lipinski definition) is 1. The molecule has 0 radical (unpaired) electrons. The number of fused-ring (bicyclic) bond motifs is 1. The second-order valence-corrected chi connectivity index (χ2v) is 7.31. The van der Waals surface area contributed by atoms with E-state index in [2.05, 4.69) is 52.5 Å². The van der Waals surface area contributed by atoms with Crippen molar-refractivity contribution in [3.63, 3.8) is 0 Å². The predicted octanol–water partition coefficient (Wildman–Crippen LogP) is 5.53. The summed E-state index contributed by atoms with van der Waals surface area (Å²) in [5.41, 5.74) is 2.26. The Morgan fingerprint density at radius 1 is 1.35 bits per heavy atom. The second kappa shape index (κ2) is 5.69. The number of aromatic nitrogens is 2. The van der Waals surface area contributed by atoms with Gasteiger partial charge >= 0.3 is 0 Å². The minimum atomic E-state index is 0.477. The third-order valence-corrected chi connectivity index (χ3v) is 5.29. The summed E-state index contributed by atoms with van der Waals surface area (Å²) in [5, 5.41) is 0. The number of benzene rings is 1. The van der Waals surface area contributed by atoms with Crippen LogP contribution in [0.3, 0.4) is 0 Å². The van der Waals surface area contributed by atoms with Crippen LogP contribution in [0.4, 0.5) is 0 Å². The Labute approximate surface area is 133 Å². The molecule has 2 nitrogen and oxygen atoms in total. The van der Waals surface area contributed by atoms with Gasteiger partial charge in [0.2, 0.25) is 0 Å². The molecular formula is C16H20BrClN2. The van der Waals surface area contributed by atoms with E-state index in [1.807, 2.05) is 0 Å². The molecule has 1 aliphatic carbocycles. The average molecular weight is 356 g/mol. The van der Waals surface area contributed by atoms with E-state index in [9.17, 15) is 0 Å². The second-order valence-electron chi connectivity index (χ2n) is 6.13. The van der Waals surface area contributed by atoms with Crippen molar-refractivity contribution in [2.45, 2.75) is 45.0 Å². The first kappa shape index (κ1) is 14.4. The van der Waals surface area contributed by atoms with Crippen molar-refractivity contribution in [3.05, 3.63) is 28.5 Å². The Kier molecular flexibility index (Phi) is 4.09. The lowest BCUT2D eigenvalue weighted by Gasteiger charge is -2.34. The molecule has 1 fully saturated rings. The van der Waals surface area contributed by atoms with E-state index in [0.717, 1.165) is 21.7 Å². The van der Waals surface area contributed by atoms with Crippen LogP contribution in [0.25, 0.3) is 11.0 Å². The van der Waals surface area contributed by atoms with Gasteiger partial charge < -0.3 is 4.57 Å². The summed E-state index contributed by atoms with van der Waals surface area (Å²) >= 11 is 9.67. The maximum atomic E-state index is 6.14. The number of alkyl halides is 1. The van der Waals surface area contributed by atoms with Crippen LogP contribution < -0.4 is 0 Å². The van der Waals surface area contributed by atoms with Crippen LogP contribution in [0.15, 0.2) is 22.7 Å². The molecule has 4 heteroatoms. The molecule has 108 valence electrons. The van der Waals surface area contributed by atoms with Crippen LogP contribution in [0.2, 0.25) is 0 Å². The largest absolute Gasteiger partial charge is 0.324 e. The monoisotopic (exact) mass is 354 g/mol. The fourth-order valence-electron chi connectivity index (χ4n) is 3.62. The SMILES string of the molecule is CC1CCC(n2c(CCl)nc3cc(Br)ccc32)C(C)C1. The van der Waals surface area contributed by atoms with Gasteiger partial charge in [-0.1, -0.05) is 29.8 Å². The van der Waals surface area contributed by atoms with Crippen LogP contribution in [0.5, 0.6) is 0 Å². The van der Waals surface area contributed by atoms with Gasteiger partial charge in [0.1, 0.15) is 5.82 Å². The van der Waals surface area contributed by atoms with E-state index >= 15 is 0 Å². The molecular weight excluding hydrogens is 336 g/mol. The zero-order valence-electron chi connectivity index (χ0n) is 11.9. The summed E-state index contributed by atoms with van der Waals surface area (Å²) in [6, 6.07) is 6.87. The van der Waals surface area contributed by atoms with Gasteiger partial charge in [-0.15, -0.1) is 11.6 Å². The molecule has 3 atom stereocenters. The van der Waals surface area contributed by atoms with Crippen molar-refractivity contribution < 1.29 is 0 Å². The highest BCUT2D eigenvalue weighted by atomic mass is 79.9. The first-order valence-electron chi connectivity index (χ1n) is 7.32. The average Bonchev–Trinajstić information content (AvgIpc) is 2.76. The van der Waals surface area contributed by atoms with Crippen LogP contribution in [0, 0.1) is 11.8 Å². The highest BCUT2D eigenvalue weighted by molar-refractivity contribution is 9.10. The van der Waals surface area contributed by atoms with Crippen LogP contribution in [0.1, 0.15) is 45.0 Å². The van der Waals surface area contributed by atoms with Crippen molar-refractivity contribution >= 4 is 38.6 Å². The Morgan fingerprint density at radius 3 is 2.85 bits per heavy atom. The first-order valence-corrected chi connectivity index (χ1v) is 8.65. The van der Waals surface area contributed by atoms with E-state index in [0.29, 0.717) is 17.8 Å². The minimum absolute atomic E-state index is 0.477. The number of imidazole rings is 1. The summed E-state index contributed by atoms with van der Waals surface area (Å²) in [4.78, 5) is 4.72. The van der Waals surface area contributed by atoms with Crippen molar-refractivity contribution in [2.75, 3.05) is 0 Å². The normalized spacial score (nSPS) is 27.1. The van der Waals surface area contributed by atoms with E-state index in [4.69, 9.17) is 16.6 Å². The lowest BCUT2D eigenvalue weighted by molar-refractivity contribution is 0.209. The molecule has 3 rings (SSSR count). The first-order chi connectivity index (χ1) is 9.60. The Morgan fingerprint density at radius 2 is 2.15 bits per heavy atom. The van der Waals surface area contributed by atoms with E-state index < -0.39 is 0 Å². The van der Waals surface area contributed by atoms with E-state index in [1.54, 1.807) is 0 Å². The molecule has 1 saturated carbocycles. The Balaban J connectivity index is 2.09. The van der Waals surface area contributed by atoms with E-state index in [1.165, 1.54) is 24.8 Å². The predicted molar refractivity (Wildman–Crippen MR) is 88.2 cm³/mol. The maximum absolute atomic E-state index is 6.14. The molecule has 0 N–H and O–H groups in total. The molecule has 0 aliphatic heterocycles. The molecule has 3 unspecified atom stereocenters. The van der Waals surface area contributed by atoms with Gasteiger partial charge in [0.25, 0.3) is 0 Å². The molecule has 0 saturated heterocycles. The number of hydrogen-bond donors (Lipinski definition) is 0. The minimum Gasteiger partial charge on any atom is -0.324 e. The van der Waals surface area contributed by atoms with Gasteiger partial charge in [-0.25, -0.2) is 4.98 Å². The van der Waals surface area contributed by atoms with Crippen LogP contribution in [-0.2, 0) is 5.88 Å². The van der Waals surface area contributed by atoms with Crippen LogP contribution in [-0.4, -0.2) is 9.55 Å². The lowest BCUT2D eigenvalue weighted by atomic mass is 9.79. The quantitative estimate of drug-likeness (QED) is 0.647. The van der Waals surface area contributed by atoms with Gasteiger partial charge in [-0.3, -0.25) is 0 Å². The molecule has 0 bridgehead atoms. The van der Waals surface area contributed by atoms with Crippen LogP contribution >= 0.6 is 27.5 Å². The Bertz CT molecular complexity index is 622. The molecule has 2 aromatic rings. The summed E-state index contributed by atoms with van der Waals surface area (Å²) in [7, 11) is 0. The molecule has 1 heterocycles. The molecule has 1 aliphatic rings. The molecule has 1 aromatic heterocycles.